The molecule has 0 bridgehead atoms. The third-order valence-corrected chi connectivity index (χ3v) is 9.09. The molecule has 1 aliphatic heterocycles. The van der Waals surface area contributed by atoms with Gasteiger partial charge in [-0.25, -0.2) is 9.97 Å². The number of ether oxygens (including phenoxy) is 1. The molecule has 2 aromatic rings. The molecule has 3 amide bonds. The molecule has 1 saturated carbocycles. The fourth-order valence-electron chi connectivity index (χ4n) is 5.17. The maximum absolute atomic E-state index is 14.3. The first-order valence-electron chi connectivity index (χ1n) is 15.2. The van der Waals surface area contributed by atoms with Crippen LogP contribution >= 0.6 is 22.9 Å². The van der Waals surface area contributed by atoms with Gasteiger partial charge < -0.3 is 25.6 Å². The normalized spacial score (nSPS) is 19.4. The SMILES string of the molecule is CCC[C@H](NC(=O)[C@@H]1C[C@@H](Oc2ccc(Cl)cn2)CN1C(=O)[C@@H](Nc1nc(C)c(C(C)=O)s1)C(C)(C)C)C(=O)C(=O)NC1CC1. The maximum atomic E-state index is 14.3. The fraction of sp³-hybridized carbons (Fsp3) is 0.581. The number of pyridine rings is 1. The lowest BCUT2D eigenvalue weighted by molar-refractivity contribution is -0.143. The van der Waals surface area contributed by atoms with Crippen LogP contribution in [0.15, 0.2) is 18.3 Å². The van der Waals surface area contributed by atoms with Crippen LogP contribution in [0.4, 0.5) is 5.13 Å². The van der Waals surface area contributed by atoms with Gasteiger partial charge in [-0.05, 0) is 37.7 Å². The summed E-state index contributed by atoms with van der Waals surface area (Å²) in [7, 11) is 0. The summed E-state index contributed by atoms with van der Waals surface area (Å²) < 4.78 is 6.07. The number of anilines is 1. The molecule has 0 radical (unpaired) electrons. The van der Waals surface area contributed by atoms with Crippen LogP contribution in [0.2, 0.25) is 5.02 Å². The molecule has 1 aliphatic carbocycles. The van der Waals surface area contributed by atoms with Gasteiger partial charge >= 0.3 is 0 Å². The number of likely N-dealkylation sites (tertiary alicyclic amines) is 1. The lowest BCUT2D eigenvalue weighted by Crippen LogP contribution is -2.56. The van der Waals surface area contributed by atoms with Crippen molar-refractivity contribution in [3.8, 4) is 5.88 Å². The molecule has 2 aliphatic rings. The van der Waals surface area contributed by atoms with E-state index >= 15 is 0 Å². The highest BCUT2D eigenvalue weighted by Crippen LogP contribution is 2.32. The van der Waals surface area contributed by atoms with Crippen LogP contribution in [-0.4, -0.2) is 81.0 Å². The zero-order chi connectivity index (χ0) is 33.1. The second kappa shape index (κ2) is 14.2. The van der Waals surface area contributed by atoms with Crippen LogP contribution in [-0.2, 0) is 19.2 Å². The lowest BCUT2D eigenvalue weighted by atomic mass is 9.85. The summed E-state index contributed by atoms with van der Waals surface area (Å²) >= 11 is 7.14. The molecule has 0 spiro atoms. The summed E-state index contributed by atoms with van der Waals surface area (Å²) in [5, 5.41) is 9.52. The molecule has 45 heavy (non-hydrogen) atoms. The first-order chi connectivity index (χ1) is 21.2. The Bertz CT molecular complexity index is 1440. The van der Waals surface area contributed by atoms with E-state index in [2.05, 4.69) is 25.9 Å². The van der Waals surface area contributed by atoms with E-state index in [0.29, 0.717) is 27.1 Å². The molecule has 2 aromatic heterocycles. The van der Waals surface area contributed by atoms with Crippen molar-refractivity contribution in [2.24, 2.45) is 5.41 Å². The zero-order valence-electron chi connectivity index (χ0n) is 26.4. The molecular formula is C31H41ClN6O6S. The number of rotatable bonds is 13. The van der Waals surface area contributed by atoms with E-state index in [9.17, 15) is 24.0 Å². The Labute approximate surface area is 272 Å². The Balaban J connectivity index is 1.60. The number of halogens is 1. The van der Waals surface area contributed by atoms with E-state index in [4.69, 9.17) is 16.3 Å². The summed E-state index contributed by atoms with van der Waals surface area (Å²) in [6, 6.07) is 0.374. The van der Waals surface area contributed by atoms with Crippen LogP contribution in [0.5, 0.6) is 5.88 Å². The first kappa shape index (κ1) is 34.3. The van der Waals surface area contributed by atoms with Crippen molar-refractivity contribution in [1.29, 1.82) is 0 Å². The Kier molecular flexibility index (Phi) is 10.9. The van der Waals surface area contributed by atoms with Crippen LogP contribution in [0.25, 0.3) is 0 Å². The highest BCUT2D eigenvalue weighted by Gasteiger charge is 2.46. The second-order valence-electron chi connectivity index (χ2n) is 12.7. The Morgan fingerprint density at radius 1 is 1.18 bits per heavy atom. The maximum Gasteiger partial charge on any atom is 0.289 e. The number of amides is 3. The van der Waals surface area contributed by atoms with Crippen LogP contribution < -0.4 is 20.7 Å². The molecule has 14 heteroatoms. The number of hydrogen-bond donors (Lipinski definition) is 3. The van der Waals surface area contributed by atoms with Crippen molar-refractivity contribution >= 4 is 57.4 Å². The predicted molar refractivity (Wildman–Crippen MR) is 171 cm³/mol. The molecule has 12 nitrogen and oxygen atoms in total. The molecule has 3 N–H and O–H groups in total. The quantitative estimate of drug-likeness (QED) is 0.215. The fourth-order valence-corrected chi connectivity index (χ4v) is 6.17. The monoisotopic (exact) mass is 660 g/mol. The highest BCUT2D eigenvalue weighted by atomic mass is 35.5. The lowest BCUT2D eigenvalue weighted by Gasteiger charge is -2.35. The first-order valence-corrected chi connectivity index (χ1v) is 16.4. The molecule has 4 atom stereocenters. The van der Waals surface area contributed by atoms with E-state index in [1.807, 2.05) is 27.7 Å². The smallest absolute Gasteiger partial charge is 0.289 e. The van der Waals surface area contributed by atoms with Gasteiger partial charge in [0.15, 0.2) is 10.9 Å². The molecule has 244 valence electrons. The average molecular weight is 661 g/mol. The van der Waals surface area contributed by atoms with E-state index in [0.717, 1.165) is 12.8 Å². The molecule has 2 fully saturated rings. The van der Waals surface area contributed by atoms with Crippen molar-refractivity contribution in [2.75, 3.05) is 11.9 Å². The van der Waals surface area contributed by atoms with Gasteiger partial charge in [0.1, 0.15) is 18.2 Å². The minimum atomic E-state index is -1.03. The topological polar surface area (TPSA) is 160 Å². The predicted octanol–water partition coefficient (Wildman–Crippen LogP) is 3.71. The highest BCUT2D eigenvalue weighted by molar-refractivity contribution is 7.17. The van der Waals surface area contributed by atoms with Crippen LogP contribution in [0, 0.1) is 12.3 Å². The molecule has 0 aromatic carbocycles. The zero-order valence-corrected chi connectivity index (χ0v) is 28.0. The number of carbonyl (C=O) groups is 5. The number of aryl methyl sites for hydroxylation is 1. The third kappa shape index (κ3) is 8.78. The Hall–Kier alpha value is -3.58. The second-order valence-corrected chi connectivity index (χ2v) is 14.1. The van der Waals surface area contributed by atoms with Crippen molar-refractivity contribution in [3.63, 3.8) is 0 Å². The van der Waals surface area contributed by atoms with Gasteiger partial charge in [-0.3, -0.25) is 24.0 Å². The van der Waals surface area contributed by atoms with Gasteiger partial charge in [-0.2, -0.15) is 0 Å². The van der Waals surface area contributed by atoms with Crippen LogP contribution in [0.3, 0.4) is 0 Å². The summed E-state index contributed by atoms with van der Waals surface area (Å²) in [4.78, 5) is 76.4. The van der Waals surface area contributed by atoms with Gasteiger partial charge in [-0.15, -0.1) is 0 Å². The number of nitrogens with zero attached hydrogens (tertiary/aromatic N) is 3. The minimum absolute atomic E-state index is 0.00302. The van der Waals surface area contributed by atoms with Gasteiger partial charge in [0.05, 0.1) is 28.2 Å². The number of hydrogen-bond acceptors (Lipinski definition) is 10. The Morgan fingerprint density at radius 3 is 2.44 bits per heavy atom. The van der Waals surface area contributed by atoms with E-state index < -0.39 is 47.2 Å². The van der Waals surface area contributed by atoms with E-state index in [-0.39, 0.29) is 43.0 Å². The number of aromatic nitrogens is 2. The van der Waals surface area contributed by atoms with Gasteiger partial charge in [-0.1, -0.05) is 57.1 Å². The standard InChI is InChI=1S/C31H41ClN6O6S/c1-7-8-21(24(40)28(42)35-19-10-11-19)36-27(41)22-13-20(44-23-12-9-18(32)14-33-23)15-38(22)29(43)26(31(4,5)6)37-30-34-16(2)25(45-30)17(3)39/h9,12,14,19-22,26H,7-8,10-11,13,15H2,1-6H3,(H,34,37)(H,35,42)(H,36,41)/t20-,21+,22+,26-/m1/s1. The third-order valence-electron chi connectivity index (χ3n) is 7.68. The summed E-state index contributed by atoms with van der Waals surface area (Å²) in [6.07, 6.45) is 3.46. The van der Waals surface area contributed by atoms with Gasteiger partial charge in [0.25, 0.3) is 5.91 Å². The van der Waals surface area contributed by atoms with Crippen molar-refractivity contribution in [2.45, 2.75) is 104 Å². The molecule has 3 heterocycles. The number of ketones is 2. The summed E-state index contributed by atoms with van der Waals surface area (Å²) in [5.74, 6) is -2.19. The number of thiazole rings is 1. The number of Topliss-reactive ketones (excluding diaryl/α,β-unsaturated/α-hetero) is 2. The average Bonchev–Trinajstić information content (AvgIpc) is 3.55. The van der Waals surface area contributed by atoms with Gasteiger partial charge in [0.2, 0.25) is 23.5 Å². The molecular weight excluding hydrogens is 620 g/mol. The van der Waals surface area contributed by atoms with Crippen molar-refractivity contribution < 1.29 is 28.7 Å². The molecule has 1 saturated heterocycles. The number of carbonyl (C=O) groups excluding carboxylic acids is 5. The van der Waals surface area contributed by atoms with E-state index in [1.165, 1.54) is 29.4 Å². The molecule has 0 unspecified atom stereocenters. The van der Waals surface area contributed by atoms with Crippen LogP contribution in [0.1, 0.15) is 82.1 Å². The van der Waals surface area contributed by atoms with Crippen molar-refractivity contribution in [3.05, 3.63) is 33.9 Å². The minimum Gasteiger partial charge on any atom is -0.472 e. The van der Waals surface area contributed by atoms with E-state index in [1.54, 1.807) is 19.1 Å². The molecule has 4 rings (SSSR count). The summed E-state index contributed by atoms with van der Waals surface area (Å²) in [6.45, 7) is 10.8. The number of nitrogens with one attached hydrogen (secondary N) is 3. The Morgan fingerprint density at radius 2 is 1.89 bits per heavy atom. The largest absolute Gasteiger partial charge is 0.472 e. The van der Waals surface area contributed by atoms with Gasteiger partial charge in [0, 0.05) is 31.6 Å². The van der Waals surface area contributed by atoms with Crippen molar-refractivity contribution in [1.82, 2.24) is 25.5 Å². The summed E-state index contributed by atoms with van der Waals surface area (Å²) in [5.41, 5.74) is -0.0679.